The molecule has 0 bridgehead atoms. The number of nitrogens with one attached hydrogen (secondary N) is 2. The molecule has 1 saturated heterocycles. The Morgan fingerprint density at radius 3 is 1.98 bits per heavy atom. The highest BCUT2D eigenvalue weighted by molar-refractivity contribution is 5.79. The lowest BCUT2D eigenvalue weighted by atomic mass is 9.95. The van der Waals surface area contributed by atoms with E-state index in [4.69, 9.17) is 19.8 Å². The first-order valence-electron chi connectivity index (χ1n) is 13.8. The number of Topliss-reactive ketones (excluding diaryl/α,β-unsaturated/α-hetero) is 1. The molecule has 258 valence electrons. The minimum absolute atomic E-state index is 0.0213. The SMILES string of the molecule is CC(=O)CCCCC[C@H](NC(=O)C1CCN(C)CC1)c1ncc(-c2ccc(F)c(F)c2)[nH]1.O=C(O)C(F)(F)F.O=C(O)C(F)(F)F. The molecule has 46 heavy (non-hydrogen) atoms. The molecule has 1 aliphatic heterocycles. The van der Waals surface area contributed by atoms with Crippen molar-refractivity contribution in [2.24, 2.45) is 5.92 Å². The van der Waals surface area contributed by atoms with Gasteiger partial charge in [0.2, 0.25) is 5.91 Å². The van der Waals surface area contributed by atoms with Crippen LogP contribution in [0.5, 0.6) is 0 Å². The maximum atomic E-state index is 13.6. The number of hydrogen-bond acceptors (Lipinski definition) is 6. The van der Waals surface area contributed by atoms with Crippen molar-refractivity contribution >= 4 is 23.6 Å². The van der Waals surface area contributed by atoms with Crippen molar-refractivity contribution in [3.05, 3.63) is 41.9 Å². The number of piperidine rings is 1. The van der Waals surface area contributed by atoms with E-state index in [0.717, 1.165) is 57.3 Å². The van der Waals surface area contributed by atoms with E-state index in [1.165, 1.54) is 6.07 Å². The van der Waals surface area contributed by atoms with Gasteiger partial charge in [-0.05, 0) is 70.9 Å². The Morgan fingerprint density at radius 2 is 1.50 bits per heavy atom. The number of aromatic nitrogens is 2. The summed E-state index contributed by atoms with van der Waals surface area (Å²) in [6.07, 6.45) is -3.15. The number of amides is 1. The number of halogens is 8. The van der Waals surface area contributed by atoms with Gasteiger partial charge in [-0.15, -0.1) is 0 Å². The summed E-state index contributed by atoms with van der Waals surface area (Å²) in [5, 5.41) is 17.4. The fourth-order valence-electron chi connectivity index (χ4n) is 4.06. The first-order chi connectivity index (χ1) is 21.2. The third kappa shape index (κ3) is 14.8. The van der Waals surface area contributed by atoms with Crippen LogP contribution in [0.15, 0.2) is 24.4 Å². The zero-order valence-corrected chi connectivity index (χ0v) is 24.8. The van der Waals surface area contributed by atoms with Crippen LogP contribution in [0.1, 0.15) is 63.7 Å². The zero-order valence-electron chi connectivity index (χ0n) is 24.8. The molecule has 1 fully saturated rings. The summed E-state index contributed by atoms with van der Waals surface area (Å²) in [4.78, 5) is 51.7. The van der Waals surface area contributed by atoms with Gasteiger partial charge in [-0.1, -0.05) is 12.8 Å². The number of imidazole rings is 1. The van der Waals surface area contributed by atoms with E-state index in [-0.39, 0.29) is 23.7 Å². The van der Waals surface area contributed by atoms with Crippen LogP contribution in [-0.4, -0.2) is 81.2 Å². The Labute approximate surface area is 258 Å². The smallest absolute Gasteiger partial charge is 0.475 e. The van der Waals surface area contributed by atoms with Crippen LogP contribution < -0.4 is 5.32 Å². The minimum Gasteiger partial charge on any atom is -0.475 e. The van der Waals surface area contributed by atoms with E-state index in [1.807, 2.05) is 0 Å². The van der Waals surface area contributed by atoms with E-state index in [0.29, 0.717) is 29.9 Å². The van der Waals surface area contributed by atoms with Gasteiger partial charge in [0, 0.05) is 17.9 Å². The number of carboxylic acids is 2. The van der Waals surface area contributed by atoms with Gasteiger partial charge in [0.25, 0.3) is 0 Å². The lowest BCUT2D eigenvalue weighted by Crippen LogP contribution is -2.40. The zero-order chi connectivity index (χ0) is 35.2. The number of carbonyl (C=O) groups is 4. The number of alkyl halides is 6. The van der Waals surface area contributed by atoms with Crippen LogP contribution in [0.4, 0.5) is 35.1 Å². The molecule has 1 amide bonds. The summed E-state index contributed by atoms with van der Waals surface area (Å²) < 4.78 is 90.4. The van der Waals surface area contributed by atoms with Crippen LogP contribution in [0.2, 0.25) is 0 Å². The second-order valence-corrected chi connectivity index (χ2v) is 10.4. The predicted molar refractivity (Wildman–Crippen MR) is 146 cm³/mol. The average Bonchev–Trinajstić information content (AvgIpc) is 3.44. The van der Waals surface area contributed by atoms with E-state index >= 15 is 0 Å². The number of aliphatic carboxylic acids is 2. The molecule has 4 N–H and O–H groups in total. The van der Waals surface area contributed by atoms with Gasteiger partial charge in [-0.2, -0.15) is 26.3 Å². The normalized spacial score (nSPS) is 14.7. The topological polar surface area (TPSA) is 153 Å². The molecule has 1 aromatic heterocycles. The fraction of sp³-hybridized carbons (Fsp3) is 0.536. The average molecular weight is 675 g/mol. The van der Waals surface area contributed by atoms with E-state index in [9.17, 15) is 44.7 Å². The minimum atomic E-state index is -5.08. The molecule has 1 aliphatic rings. The summed E-state index contributed by atoms with van der Waals surface area (Å²) in [5.41, 5.74) is 1.05. The number of ketones is 1. The Hall–Kier alpha value is -4.09. The quantitative estimate of drug-likeness (QED) is 0.186. The van der Waals surface area contributed by atoms with Gasteiger partial charge in [-0.3, -0.25) is 4.79 Å². The monoisotopic (exact) mass is 674 g/mol. The number of carbonyl (C=O) groups excluding carboxylic acids is 2. The van der Waals surface area contributed by atoms with Crippen LogP contribution in [0.3, 0.4) is 0 Å². The van der Waals surface area contributed by atoms with E-state index in [2.05, 4.69) is 27.2 Å². The van der Waals surface area contributed by atoms with Gasteiger partial charge in [0.15, 0.2) is 11.6 Å². The summed E-state index contributed by atoms with van der Waals surface area (Å²) in [5.74, 6) is -6.56. The lowest BCUT2D eigenvalue weighted by molar-refractivity contribution is -0.193. The number of likely N-dealkylation sites (tertiary alicyclic amines) is 1. The highest BCUT2D eigenvalue weighted by Gasteiger charge is 2.39. The molecule has 1 aromatic carbocycles. The van der Waals surface area contributed by atoms with Crippen LogP contribution >= 0.6 is 0 Å². The number of benzene rings is 1. The van der Waals surface area contributed by atoms with E-state index < -0.39 is 35.9 Å². The molecule has 0 saturated carbocycles. The van der Waals surface area contributed by atoms with Gasteiger partial charge >= 0.3 is 24.3 Å². The number of unbranched alkanes of at least 4 members (excludes halogenated alkanes) is 2. The van der Waals surface area contributed by atoms with Crippen molar-refractivity contribution in [3.8, 4) is 11.3 Å². The summed E-state index contributed by atoms with van der Waals surface area (Å²) in [7, 11) is 2.06. The van der Waals surface area contributed by atoms with Crippen molar-refractivity contribution in [1.82, 2.24) is 20.2 Å². The number of hydrogen-bond donors (Lipinski definition) is 4. The van der Waals surface area contributed by atoms with Gasteiger partial charge in [0.1, 0.15) is 11.6 Å². The standard InChI is InChI=1S/C24H32F2N4O2.2C2HF3O2/c1-16(31)6-4-3-5-7-21(29-24(32)17-10-12-30(2)13-11-17)23-27-15-22(28-23)18-8-9-19(25)20(26)14-18;2*3-2(4,5)1(6)7/h8-9,14-15,17,21H,3-7,10-13H2,1-2H3,(H,27,28)(H,29,32);2*(H,6,7)/t21-;;/m0../s1. The summed E-state index contributed by atoms with van der Waals surface area (Å²) in [6, 6.07) is 3.39. The lowest BCUT2D eigenvalue weighted by Gasteiger charge is -2.29. The van der Waals surface area contributed by atoms with Crippen LogP contribution in [-0.2, 0) is 19.2 Å². The van der Waals surface area contributed by atoms with Crippen molar-refractivity contribution in [3.63, 3.8) is 0 Å². The molecule has 0 spiro atoms. The van der Waals surface area contributed by atoms with Crippen LogP contribution in [0, 0.1) is 17.6 Å². The molecular weight excluding hydrogens is 640 g/mol. The largest absolute Gasteiger partial charge is 0.490 e. The number of nitrogens with zero attached hydrogens (tertiary/aromatic N) is 2. The van der Waals surface area contributed by atoms with Crippen LogP contribution in [0.25, 0.3) is 11.3 Å². The first kappa shape index (κ1) is 39.9. The first-order valence-corrected chi connectivity index (χ1v) is 13.8. The summed E-state index contributed by atoms with van der Waals surface area (Å²) >= 11 is 0. The predicted octanol–water partition coefficient (Wildman–Crippen LogP) is 5.66. The molecule has 0 unspecified atom stereocenters. The molecular formula is C28H34F8N4O6. The second kappa shape index (κ2) is 18.2. The number of rotatable bonds is 10. The third-order valence-electron chi connectivity index (χ3n) is 6.57. The summed E-state index contributed by atoms with van der Waals surface area (Å²) in [6.45, 7) is 3.39. The van der Waals surface area contributed by atoms with Crippen molar-refractivity contribution in [1.29, 1.82) is 0 Å². The Kier molecular flexibility index (Phi) is 15.8. The van der Waals surface area contributed by atoms with Crippen molar-refractivity contribution in [2.75, 3.05) is 20.1 Å². The molecule has 0 radical (unpaired) electrons. The highest BCUT2D eigenvalue weighted by atomic mass is 19.4. The van der Waals surface area contributed by atoms with E-state index in [1.54, 1.807) is 13.1 Å². The number of carboxylic acid groups (broad SMARTS) is 2. The Balaban J connectivity index is 0.000000629. The maximum absolute atomic E-state index is 13.6. The highest BCUT2D eigenvalue weighted by Crippen LogP contribution is 2.25. The van der Waals surface area contributed by atoms with Gasteiger partial charge in [0.05, 0.1) is 17.9 Å². The Morgan fingerprint density at radius 1 is 0.957 bits per heavy atom. The maximum Gasteiger partial charge on any atom is 0.490 e. The van der Waals surface area contributed by atoms with Gasteiger partial charge < -0.3 is 30.2 Å². The van der Waals surface area contributed by atoms with Crippen molar-refractivity contribution < 1.29 is 64.5 Å². The second-order valence-electron chi connectivity index (χ2n) is 10.4. The molecule has 18 heteroatoms. The molecule has 0 aliphatic carbocycles. The molecule has 3 rings (SSSR count). The molecule has 1 atom stereocenters. The fourth-order valence-corrected chi connectivity index (χ4v) is 4.06. The van der Waals surface area contributed by atoms with Crippen molar-refractivity contribution in [2.45, 2.75) is 70.3 Å². The molecule has 2 heterocycles. The number of H-pyrrole nitrogens is 1. The Bertz CT molecular complexity index is 1280. The molecule has 2 aromatic rings. The van der Waals surface area contributed by atoms with Gasteiger partial charge in [-0.25, -0.2) is 23.4 Å². The third-order valence-corrected chi connectivity index (χ3v) is 6.57. The number of aromatic amines is 1. The molecule has 10 nitrogen and oxygen atoms in total.